The van der Waals surface area contributed by atoms with Crippen LogP contribution in [0.3, 0.4) is 0 Å². The molecule has 0 fully saturated rings. The van der Waals surface area contributed by atoms with Crippen LogP contribution in [0.1, 0.15) is 5.56 Å². The molecule has 1 heterocycles. The van der Waals surface area contributed by atoms with Crippen molar-refractivity contribution < 1.29 is 13.2 Å². The lowest BCUT2D eigenvalue weighted by molar-refractivity contribution is 0.447. The molecule has 0 unspecified atom stereocenters. The predicted octanol–water partition coefficient (Wildman–Crippen LogP) is 2.45. The van der Waals surface area contributed by atoms with Gasteiger partial charge in [0.1, 0.15) is 0 Å². The van der Waals surface area contributed by atoms with E-state index in [4.69, 9.17) is 5.73 Å². The van der Waals surface area contributed by atoms with Crippen LogP contribution in [-0.2, 0) is 0 Å². The van der Waals surface area contributed by atoms with Gasteiger partial charge >= 0.3 is 0 Å². The van der Waals surface area contributed by atoms with Crippen LogP contribution in [0, 0.1) is 24.4 Å². The lowest BCUT2D eigenvalue weighted by Crippen LogP contribution is -2.00. The van der Waals surface area contributed by atoms with Gasteiger partial charge in [0.05, 0.1) is 5.69 Å². The van der Waals surface area contributed by atoms with Gasteiger partial charge in [0, 0.05) is 11.8 Å². The first-order chi connectivity index (χ1) is 7.99. The average molecular weight is 239 g/mol. The van der Waals surface area contributed by atoms with Crippen LogP contribution in [0.25, 0.3) is 11.3 Å². The summed E-state index contributed by atoms with van der Waals surface area (Å²) < 4.78 is 38.9. The quantitative estimate of drug-likeness (QED) is 0.777. The zero-order valence-corrected chi connectivity index (χ0v) is 8.84. The predicted molar refractivity (Wildman–Crippen MR) is 56.5 cm³/mol. The van der Waals surface area contributed by atoms with Gasteiger partial charge in [-0.3, -0.25) is 0 Å². The highest BCUT2D eigenvalue weighted by atomic mass is 19.2. The molecule has 0 atom stereocenters. The summed E-state index contributed by atoms with van der Waals surface area (Å²) >= 11 is 0. The van der Waals surface area contributed by atoms with Gasteiger partial charge in [-0.1, -0.05) is 0 Å². The van der Waals surface area contributed by atoms with Gasteiger partial charge in [-0.15, -0.1) is 0 Å². The molecule has 3 nitrogen and oxygen atoms in total. The van der Waals surface area contributed by atoms with Crippen molar-refractivity contribution >= 4 is 5.95 Å². The molecule has 0 spiro atoms. The van der Waals surface area contributed by atoms with E-state index in [9.17, 15) is 13.2 Å². The molecule has 0 amide bonds. The van der Waals surface area contributed by atoms with Gasteiger partial charge in [0.25, 0.3) is 0 Å². The molecular weight excluding hydrogens is 231 g/mol. The van der Waals surface area contributed by atoms with Gasteiger partial charge in [-0.25, -0.2) is 23.1 Å². The van der Waals surface area contributed by atoms with Crippen molar-refractivity contribution in [2.24, 2.45) is 0 Å². The molecule has 2 rings (SSSR count). The monoisotopic (exact) mass is 239 g/mol. The maximum absolute atomic E-state index is 13.1. The average Bonchev–Trinajstić information content (AvgIpc) is 2.28. The zero-order valence-electron chi connectivity index (χ0n) is 8.84. The second-order valence-electron chi connectivity index (χ2n) is 3.51. The summed E-state index contributed by atoms with van der Waals surface area (Å²) in [4.78, 5) is 7.60. The lowest BCUT2D eigenvalue weighted by atomic mass is 10.1. The van der Waals surface area contributed by atoms with Crippen molar-refractivity contribution in [3.8, 4) is 11.3 Å². The molecule has 6 heteroatoms. The van der Waals surface area contributed by atoms with Crippen LogP contribution in [0.5, 0.6) is 0 Å². The first-order valence-corrected chi connectivity index (χ1v) is 4.73. The number of rotatable bonds is 1. The Morgan fingerprint density at radius 2 is 1.71 bits per heavy atom. The van der Waals surface area contributed by atoms with Crippen molar-refractivity contribution in [2.45, 2.75) is 6.92 Å². The summed E-state index contributed by atoms with van der Waals surface area (Å²) in [6.45, 7) is 1.66. The molecule has 1 aromatic carbocycles. The van der Waals surface area contributed by atoms with E-state index in [0.717, 1.165) is 12.1 Å². The first kappa shape index (κ1) is 11.4. The molecule has 0 radical (unpaired) electrons. The number of aryl methyl sites for hydroxylation is 1. The standard InChI is InChI=1S/C11H8F3N3/c1-5-4-16-11(15)17-10(5)6-2-7(12)9(14)8(13)3-6/h2-4H,1H3,(H2,15,16,17). The van der Waals surface area contributed by atoms with Crippen molar-refractivity contribution in [3.63, 3.8) is 0 Å². The third kappa shape index (κ3) is 2.06. The summed E-state index contributed by atoms with van der Waals surface area (Å²) in [7, 11) is 0. The topological polar surface area (TPSA) is 51.8 Å². The number of aromatic nitrogens is 2. The molecule has 0 aliphatic rings. The van der Waals surface area contributed by atoms with Crippen LogP contribution >= 0.6 is 0 Å². The fourth-order valence-electron chi connectivity index (χ4n) is 1.44. The van der Waals surface area contributed by atoms with Crippen LogP contribution < -0.4 is 5.73 Å². The van der Waals surface area contributed by atoms with Crippen LogP contribution in [0.4, 0.5) is 19.1 Å². The van der Waals surface area contributed by atoms with Crippen molar-refractivity contribution in [3.05, 3.63) is 41.3 Å². The third-order valence-corrected chi connectivity index (χ3v) is 2.25. The largest absolute Gasteiger partial charge is 0.368 e. The highest BCUT2D eigenvalue weighted by Gasteiger charge is 2.14. The van der Waals surface area contributed by atoms with Crippen LogP contribution in [0.15, 0.2) is 18.3 Å². The summed E-state index contributed by atoms with van der Waals surface area (Å²) in [5.41, 5.74) is 6.37. The van der Waals surface area contributed by atoms with Gasteiger partial charge in [0.15, 0.2) is 17.5 Å². The minimum atomic E-state index is -1.51. The lowest BCUT2D eigenvalue weighted by Gasteiger charge is -2.06. The Balaban J connectivity index is 2.64. The Hall–Kier alpha value is -2.11. The SMILES string of the molecule is Cc1cnc(N)nc1-c1cc(F)c(F)c(F)c1. The second-order valence-corrected chi connectivity index (χ2v) is 3.51. The minimum absolute atomic E-state index is 0.0178. The van der Waals surface area contributed by atoms with Gasteiger partial charge in [-0.05, 0) is 24.6 Å². The van der Waals surface area contributed by atoms with E-state index in [1.807, 2.05) is 0 Å². The number of hydrogen-bond acceptors (Lipinski definition) is 3. The zero-order chi connectivity index (χ0) is 12.6. The van der Waals surface area contributed by atoms with E-state index >= 15 is 0 Å². The highest BCUT2D eigenvalue weighted by molar-refractivity contribution is 5.63. The highest BCUT2D eigenvalue weighted by Crippen LogP contribution is 2.24. The number of nitrogens with zero attached hydrogens (tertiary/aromatic N) is 2. The number of nitrogens with two attached hydrogens (primary N) is 1. The molecule has 0 aliphatic carbocycles. The molecule has 2 aromatic rings. The van der Waals surface area contributed by atoms with Crippen molar-refractivity contribution in [2.75, 3.05) is 5.73 Å². The van der Waals surface area contributed by atoms with E-state index in [-0.39, 0.29) is 17.2 Å². The minimum Gasteiger partial charge on any atom is -0.368 e. The normalized spacial score (nSPS) is 10.6. The van der Waals surface area contributed by atoms with Crippen LogP contribution in [-0.4, -0.2) is 9.97 Å². The first-order valence-electron chi connectivity index (χ1n) is 4.73. The Bertz CT molecular complexity index is 561. The van der Waals surface area contributed by atoms with E-state index in [1.165, 1.54) is 6.20 Å². The summed E-state index contributed by atoms with van der Waals surface area (Å²) in [5, 5.41) is 0. The molecule has 0 bridgehead atoms. The molecular formula is C11H8F3N3. The summed E-state index contributed by atoms with van der Waals surface area (Å²) in [6.07, 6.45) is 1.43. The summed E-state index contributed by atoms with van der Waals surface area (Å²) in [5.74, 6) is -4.06. The molecule has 17 heavy (non-hydrogen) atoms. The summed E-state index contributed by atoms with van der Waals surface area (Å²) in [6, 6.07) is 1.74. The number of hydrogen-bond donors (Lipinski definition) is 1. The van der Waals surface area contributed by atoms with E-state index in [0.29, 0.717) is 5.56 Å². The number of benzene rings is 1. The molecule has 0 saturated carbocycles. The number of nitrogen functional groups attached to an aromatic ring is 1. The maximum Gasteiger partial charge on any atom is 0.220 e. The number of halogens is 3. The fraction of sp³-hybridized carbons (Fsp3) is 0.0909. The van der Waals surface area contributed by atoms with E-state index < -0.39 is 17.5 Å². The van der Waals surface area contributed by atoms with Crippen molar-refractivity contribution in [1.29, 1.82) is 0 Å². The number of anilines is 1. The van der Waals surface area contributed by atoms with E-state index in [2.05, 4.69) is 9.97 Å². The Morgan fingerprint density at radius 1 is 1.12 bits per heavy atom. The van der Waals surface area contributed by atoms with Crippen LogP contribution in [0.2, 0.25) is 0 Å². The maximum atomic E-state index is 13.1. The Labute approximate surface area is 95.1 Å². The Kier molecular flexibility index (Phi) is 2.71. The molecule has 2 N–H and O–H groups in total. The van der Waals surface area contributed by atoms with Gasteiger partial charge < -0.3 is 5.73 Å². The van der Waals surface area contributed by atoms with Crippen molar-refractivity contribution in [1.82, 2.24) is 9.97 Å². The van der Waals surface area contributed by atoms with Gasteiger partial charge in [0.2, 0.25) is 5.95 Å². The molecule has 1 aromatic heterocycles. The smallest absolute Gasteiger partial charge is 0.220 e. The third-order valence-electron chi connectivity index (χ3n) is 2.25. The molecule has 0 aliphatic heterocycles. The second kappa shape index (κ2) is 4.04. The van der Waals surface area contributed by atoms with E-state index in [1.54, 1.807) is 6.92 Å². The van der Waals surface area contributed by atoms with Gasteiger partial charge in [-0.2, -0.15) is 0 Å². The Morgan fingerprint density at radius 3 is 2.29 bits per heavy atom. The molecule has 88 valence electrons. The fourth-order valence-corrected chi connectivity index (χ4v) is 1.44. The molecule has 0 saturated heterocycles.